The van der Waals surface area contributed by atoms with Crippen LogP contribution in [0.15, 0.2) is 36.7 Å². The highest BCUT2D eigenvalue weighted by Crippen LogP contribution is 2.35. The molecule has 1 aliphatic carbocycles. The predicted octanol–water partition coefficient (Wildman–Crippen LogP) is -0.520. The number of allylic oxidation sites excluding steroid dienone is 1. The largest absolute Gasteiger partial charge is 0.456 e. The minimum absolute atomic E-state index is 0.0346. The van der Waals surface area contributed by atoms with Gasteiger partial charge < -0.3 is 26.0 Å². The van der Waals surface area contributed by atoms with E-state index in [0.29, 0.717) is 30.6 Å². The highest BCUT2D eigenvalue weighted by atomic mass is 32.1. The smallest absolute Gasteiger partial charge is 0.326 e. The van der Waals surface area contributed by atoms with Crippen LogP contribution in [0.25, 0.3) is 0 Å². The summed E-state index contributed by atoms with van der Waals surface area (Å²) in [6, 6.07) is 1.37. The van der Waals surface area contributed by atoms with Crippen molar-refractivity contribution >= 4 is 54.9 Å². The Labute approximate surface area is 225 Å². The lowest BCUT2D eigenvalue weighted by atomic mass is 10.1. The first kappa shape index (κ1) is 28.5. The Balaban J connectivity index is 1.86. The summed E-state index contributed by atoms with van der Waals surface area (Å²) < 4.78 is 5.41. The minimum Gasteiger partial charge on any atom is -0.456 e. The zero-order valence-electron chi connectivity index (χ0n) is 20.1. The van der Waals surface area contributed by atoms with Gasteiger partial charge in [-0.15, -0.1) is 0 Å². The number of esters is 1. The summed E-state index contributed by atoms with van der Waals surface area (Å²) in [6.07, 6.45) is 6.79. The molecule has 1 aliphatic heterocycles. The molecule has 1 aromatic heterocycles. The molecule has 2 heterocycles. The highest BCUT2D eigenvalue weighted by molar-refractivity contribution is 7.80. The van der Waals surface area contributed by atoms with Gasteiger partial charge in [-0.1, -0.05) is 12.1 Å². The number of ether oxygens (including phenoxy) is 1. The van der Waals surface area contributed by atoms with Crippen molar-refractivity contribution in [3.63, 3.8) is 0 Å². The van der Waals surface area contributed by atoms with Gasteiger partial charge in [0.25, 0.3) is 0 Å². The van der Waals surface area contributed by atoms with E-state index < -0.39 is 59.9 Å². The van der Waals surface area contributed by atoms with Crippen molar-refractivity contribution in [1.82, 2.24) is 26.3 Å². The van der Waals surface area contributed by atoms with Gasteiger partial charge >= 0.3 is 5.97 Å². The quantitative estimate of drug-likeness (QED) is 0.158. The number of hydrogen-bond donors (Lipinski definition) is 6. The zero-order valence-corrected chi connectivity index (χ0v) is 21.9. The summed E-state index contributed by atoms with van der Waals surface area (Å²) in [5, 5.41) is 10.5. The van der Waals surface area contributed by atoms with Crippen LogP contribution in [0.4, 0.5) is 0 Å². The SMILES string of the molecule is O=C1C[C@@H](/C=C/CCS)OC(=O)CNC(=O)C2(CC2)NC(=O)[C@@H](CS)NC(=O)[C@@H](Cc2cccnc2)N1. The molecule has 0 bridgehead atoms. The molecule has 37 heavy (non-hydrogen) atoms. The van der Waals surface area contributed by atoms with Gasteiger partial charge in [0, 0.05) is 24.6 Å². The lowest BCUT2D eigenvalue weighted by molar-refractivity contribution is -0.148. The lowest BCUT2D eigenvalue weighted by Crippen LogP contribution is -2.59. The average Bonchev–Trinajstić information content (AvgIpc) is 3.65. The minimum atomic E-state index is -1.16. The number of nitrogens with zero attached hydrogens (tertiary/aromatic N) is 1. The van der Waals surface area contributed by atoms with Crippen LogP contribution in [0.1, 0.15) is 31.2 Å². The molecule has 1 saturated heterocycles. The molecular formula is C24H31N5O6S2. The van der Waals surface area contributed by atoms with Crippen LogP contribution in [0.3, 0.4) is 0 Å². The van der Waals surface area contributed by atoms with Crippen LogP contribution in [0, 0.1) is 0 Å². The fraction of sp³-hybridized carbons (Fsp3) is 0.500. The number of cyclic esters (lactones) is 1. The van der Waals surface area contributed by atoms with Crippen molar-refractivity contribution in [2.45, 2.75) is 55.8 Å². The third kappa shape index (κ3) is 8.49. The summed E-state index contributed by atoms with van der Waals surface area (Å²) in [5.41, 5.74) is -0.468. The molecule has 2 aliphatic rings. The summed E-state index contributed by atoms with van der Waals surface area (Å²) in [4.78, 5) is 68.2. The third-order valence-corrected chi connectivity index (χ3v) is 6.51. The first-order valence-electron chi connectivity index (χ1n) is 11.9. The first-order chi connectivity index (χ1) is 17.8. The number of pyridine rings is 1. The summed E-state index contributed by atoms with van der Waals surface area (Å²) in [6.45, 7) is -0.425. The van der Waals surface area contributed by atoms with Gasteiger partial charge in [-0.3, -0.25) is 29.0 Å². The van der Waals surface area contributed by atoms with Crippen molar-refractivity contribution in [3.8, 4) is 0 Å². The maximum absolute atomic E-state index is 13.2. The van der Waals surface area contributed by atoms with Crippen molar-refractivity contribution in [2.24, 2.45) is 0 Å². The van der Waals surface area contributed by atoms with E-state index >= 15 is 0 Å². The second-order valence-electron chi connectivity index (χ2n) is 8.86. The number of amides is 4. The number of nitrogens with one attached hydrogen (secondary N) is 4. The van der Waals surface area contributed by atoms with E-state index in [0.717, 1.165) is 0 Å². The number of hydrogen-bond acceptors (Lipinski definition) is 9. The van der Waals surface area contributed by atoms with Crippen LogP contribution in [0.5, 0.6) is 0 Å². The van der Waals surface area contributed by atoms with Crippen molar-refractivity contribution < 1.29 is 28.7 Å². The first-order valence-corrected chi connectivity index (χ1v) is 13.2. The molecule has 1 aromatic rings. The summed E-state index contributed by atoms with van der Waals surface area (Å²) >= 11 is 8.33. The molecule has 200 valence electrons. The van der Waals surface area contributed by atoms with Crippen LogP contribution in [-0.2, 0) is 35.1 Å². The number of aromatic nitrogens is 1. The van der Waals surface area contributed by atoms with Gasteiger partial charge in [-0.25, -0.2) is 0 Å². The van der Waals surface area contributed by atoms with E-state index in [-0.39, 0.29) is 18.6 Å². The predicted molar refractivity (Wildman–Crippen MR) is 141 cm³/mol. The molecule has 2 fully saturated rings. The molecule has 1 saturated carbocycles. The van der Waals surface area contributed by atoms with Gasteiger partial charge in [-0.2, -0.15) is 25.3 Å². The highest BCUT2D eigenvalue weighted by Gasteiger charge is 2.52. The standard InChI is InChI=1S/C24H31N5O6S2/c30-19-11-16(5-1-2-9-36)35-20(31)13-26-23(34)24(6-7-24)29-22(33)18(14-37)28-21(32)17(27-19)10-15-4-3-8-25-12-15/h1,3-5,8,12,16-18,36-37H,2,6-7,9-11,13-14H2,(H,26,34)(H,27,30)(H,28,32)(H,29,33)/b5-1+/t16-,17-,18-/m1/s1. The van der Waals surface area contributed by atoms with Crippen molar-refractivity contribution in [3.05, 3.63) is 42.2 Å². The molecule has 1 spiro atoms. The van der Waals surface area contributed by atoms with E-state index in [4.69, 9.17) is 4.74 Å². The Morgan fingerprint density at radius 3 is 2.51 bits per heavy atom. The van der Waals surface area contributed by atoms with Gasteiger partial charge in [0.15, 0.2) is 0 Å². The summed E-state index contributed by atoms with van der Waals surface area (Å²) in [7, 11) is 0. The molecule has 0 unspecified atom stereocenters. The van der Waals surface area contributed by atoms with Gasteiger partial charge in [0.1, 0.15) is 30.3 Å². The fourth-order valence-electron chi connectivity index (χ4n) is 3.73. The molecule has 0 aromatic carbocycles. The maximum Gasteiger partial charge on any atom is 0.326 e. The number of thiol groups is 2. The van der Waals surface area contributed by atoms with Crippen LogP contribution < -0.4 is 21.3 Å². The summed E-state index contributed by atoms with van der Waals surface area (Å²) in [5.74, 6) is -2.48. The van der Waals surface area contributed by atoms with Crippen molar-refractivity contribution in [1.29, 1.82) is 0 Å². The second-order valence-corrected chi connectivity index (χ2v) is 9.67. The molecule has 11 nitrogen and oxygen atoms in total. The average molecular weight is 550 g/mol. The Morgan fingerprint density at radius 2 is 1.86 bits per heavy atom. The Morgan fingerprint density at radius 1 is 1.08 bits per heavy atom. The van der Waals surface area contributed by atoms with E-state index in [2.05, 4.69) is 51.5 Å². The molecule has 3 atom stereocenters. The number of carbonyl (C=O) groups is 5. The molecule has 4 amide bonds. The van der Waals surface area contributed by atoms with Gasteiger partial charge in [-0.05, 0) is 42.7 Å². The Bertz CT molecular complexity index is 1030. The van der Waals surface area contributed by atoms with E-state index in [9.17, 15) is 24.0 Å². The number of carbonyl (C=O) groups excluding carboxylic acids is 5. The lowest BCUT2D eigenvalue weighted by Gasteiger charge is -2.25. The maximum atomic E-state index is 13.2. The number of rotatable bonds is 6. The molecular weight excluding hydrogens is 518 g/mol. The van der Waals surface area contributed by atoms with E-state index in [1.54, 1.807) is 36.7 Å². The van der Waals surface area contributed by atoms with Crippen LogP contribution in [0.2, 0.25) is 0 Å². The Hall–Kier alpha value is -3.06. The fourth-order valence-corrected chi connectivity index (χ4v) is 4.13. The monoisotopic (exact) mass is 549 g/mol. The third-order valence-electron chi connectivity index (χ3n) is 5.89. The molecule has 3 rings (SSSR count). The van der Waals surface area contributed by atoms with Crippen LogP contribution >= 0.6 is 25.3 Å². The van der Waals surface area contributed by atoms with E-state index in [1.807, 2.05) is 0 Å². The Kier molecular flexibility index (Phi) is 10.4. The van der Waals surface area contributed by atoms with Crippen molar-refractivity contribution in [2.75, 3.05) is 18.1 Å². The normalized spacial score (nSPS) is 25.1. The van der Waals surface area contributed by atoms with Gasteiger partial charge in [0.05, 0.1) is 6.42 Å². The topological polar surface area (TPSA) is 156 Å². The van der Waals surface area contributed by atoms with E-state index in [1.165, 1.54) is 0 Å². The van der Waals surface area contributed by atoms with Crippen LogP contribution in [-0.4, -0.2) is 76.4 Å². The molecule has 13 heteroatoms. The van der Waals surface area contributed by atoms with Gasteiger partial charge in [0.2, 0.25) is 23.6 Å². The molecule has 4 N–H and O–H groups in total. The second kappa shape index (κ2) is 13.5. The zero-order chi connectivity index (χ0) is 26.8. The molecule has 0 radical (unpaired) electrons.